The van der Waals surface area contributed by atoms with Gasteiger partial charge in [-0.2, -0.15) is 0 Å². The topological polar surface area (TPSA) is 53.7 Å². The van der Waals surface area contributed by atoms with Gasteiger partial charge in [-0.1, -0.05) is 44.2 Å². The fraction of sp³-hybridized carbons (Fsp3) is 0.250. The van der Waals surface area contributed by atoms with E-state index in [1.54, 1.807) is 12.1 Å². The van der Waals surface area contributed by atoms with Crippen molar-refractivity contribution in [3.05, 3.63) is 64.5 Å². The molecule has 0 aliphatic heterocycles. The van der Waals surface area contributed by atoms with E-state index >= 15 is 0 Å². The number of rotatable bonds is 5. The molecule has 1 aromatic heterocycles. The van der Waals surface area contributed by atoms with Crippen molar-refractivity contribution < 1.29 is 21.9 Å². The van der Waals surface area contributed by atoms with Crippen LogP contribution in [0.1, 0.15) is 19.4 Å². The molecule has 3 aromatic rings. The van der Waals surface area contributed by atoms with Crippen molar-refractivity contribution in [2.24, 2.45) is 0 Å². The van der Waals surface area contributed by atoms with E-state index in [1.807, 2.05) is 30.3 Å². The summed E-state index contributed by atoms with van der Waals surface area (Å²) in [5, 5.41) is 10.7. The Morgan fingerprint density at radius 3 is 2.36 bits per heavy atom. The fourth-order valence-corrected chi connectivity index (χ4v) is 2.89. The fourth-order valence-electron chi connectivity index (χ4n) is 2.89. The third kappa shape index (κ3) is 3.70. The number of halogens is 1. The summed E-state index contributed by atoms with van der Waals surface area (Å²) in [4.78, 5) is 15.0. The van der Waals surface area contributed by atoms with Gasteiger partial charge in [-0.15, -0.1) is 0 Å². The highest BCUT2D eigenvalue weighted by Crippen LogP contribution is 2.29. The molecule has 2 aromatic carbocycles. The molecule has 0 saturated heterocycles. The van der Waals surface area contributed by atoms with Gasteiger partial charge < -0.3 is 21.9 Å². The third-order valence-electron chi connectivity index (χ3n) is 4.38. The Bertz CT molecular complexity index is 902. The number of nitrogens with zero attached hydrogens (tertiary/aromatic N) is 1. The largest absolute Gasteiger partial charge is 1.00 e. The van der Waals surface area contributed by atoms with Gasteiger partial charge in [0.15, 0.2) is 0 Å². The number of benzene rings is 2. The monoisotopic (exact) mass is 358 g/mol. The zero-order valence-corrected chi connectivity index (χ0v) is 15.1. The average Bonchev–Trinajstić information content (AvgIpc) is 2.62. The van der Waals surface area contributed by atoms with Crippen LogP contribution in [0.5, 0.6) is 5.75 Å². The molecule has 0 amide bonds. The van der Waals surface area contributed by atoms with Gasteiger partial charge in [-0.05, 0) is 30.8 Å². The second-order valence-corrected chi connectivity index (χ2v) is 5.75. The maximum atomic E-state index is 12.9. The summed E-state index contributed by atoms with van der Waals surface area (Å²) in [5.41, 5.74) is 2.40. The van der Waals surface area contributed by atoms with E-state index < -0.39 is 0 Å². The number of fused-ring (bicyclic) bond motifs is 1. The number of phenols is 1. The molecule has 5 heteroatoms. The van der Waals surface area contributed by atoms with Crippen LogP contribution in [0.25, 0.3) is 22.1 Å². The van der Waals surface area contributed by atoms with Crippen molar-refractivity contribution in [3.63, 3.8) is 0 Å². The van der Waals surface area contributed by atoms with Crippen LogP contribution in [0.3, 0.4) is 0 Å². The lowest BCUT2D eigenvalue weighted by Crippen LogP contribution is -3.00. The molecule has 0 spiro atoms. The lowest BCUT2D eigenvalue weighted by molar-refractivity contribution is -0.00000636. The van der Waals surface area contributed by atoms with Crippen LogP contribution in [0.2, 0.25) is 0 Å². The number of phenolic OH excluding ortho intramolecular Hbond substituents is 1. The summed E-state index contributed by atoms with van der Waals surface area (Å²) in [6, 6.07) is 12.7. The quantitative estimate of drug-likeness (QED) is 0.739. The van der Waals surface area contributed by atoms with Crippen molar-refractivity contribution in [1.29, 1.82) is 0 Å². The van der Waals surface area contributed by atoms with E-state index in [1.165, 1.54) is 6.26 Å². The van der Waals surface area contributed by atoms with Gasteiger partial charge in [0.1, 0.15) is 17.6 Å². The van der Waals surface area contributed by atoms with Crippen molar-refractivity contribution in [1.82, 2.24) is 4.90 Å². The minimum Gasteiger partial charge on any atom is -1.00 e. The van der Waals surface area contributed by atoms with Crippen LogP contribution in [0, 0.1) is 0 Å². The molecular formula is C20H21ClNO3-. The first-order chi connectivity index (χ1) is 11.7. The van der Waals surface area contributed by atoms with E-state index in [0.717, 1.165) is 18.7 Å². The Balaban J connectivity index is 0.00000225. The maximum absolute atomic E-state index is 12.9. The Morgan fingerprint density at radius 2 is 1.72 bits per heavy atom. The van der Waals surface area contributed by atoms with E-state index in [-0.39, 0.29) is 23.6 Å². The predicted molar refractivity (Wildman–Crippen MR) is 96.2 cm³/mol. The summed E-state index contributed by atoms with van der Waals surface area (Å²) in [6.45, 7) is 6.39. The van der Waals surface area contributed by atoms with Gasteiger partial charge >= 0.3 is 0 Å². The third-order valence-corrected chi connectivity index (χ3v) is 4.38. The van der Waals surface area contributed by atoms with Crippen molar-refractivity contribution in [3.8, 4) is 16.9 Å². The number of hydrogen-bond acceptors (Lipinski definition) is 4. The zero-order chi connectivity index (χ0) is 17.1. The molecular weight excluding hydrogens is 338 g/mol. The molecule has 3 rings (SSSR count). The smallest absolute Gasteiger partial charge is 0.200 e. The Morgan fingerprint density at radius 1 is 1.04 bits per heavy atom. The second-order valence-electron chi connectivity index (χ2n) is 5.75. The molecule has 4 nitrogen and oxygen atoms in total. The van der Waals surface area contributed by atoms with E-state index in [2.05, 4.69) is 18.7 Å². The summed E-state index contributed by atoms with van der Waals surface area (Å²) in [7, 11) is 0. The van der Waals surface area contributed by atoms with Crippen LogP contribution in [-0.4, -0.2) is 23.1 Å². The molecule has 25 heavy (non-hydrogen) atoms. The number of aromatic hydroxyl groups is 1. The van der Waals surface area contributed by atoms with Crippen LogP contribution < -0.4 is 17.8 Å². The Kier molecular flexibility index (Phi) is 6.23. The molecule has 0 unspecified atom stereocenters. The van der Waals surface area contributed by atoms with Crippen molar-refractivity contribution >= 4 is 11.0 Å². The average molecular weight is 359 g/mol. The zero-order valence-electron chi connectivity index (χ0n) is 14.3. The highest BCUT2D eigenvalue weighted by molar-refractivity contribution is 5.85. The van der Waals surface area contributed by atoms with E-state index in [4.69, 9.17) is 4.42 Å². The lowest BCUT2D eigenvalue weighted by Gasteiger charge is -2.19. The van der Waals surface area contributed by atoms with Gasteiger partial charge in [0, 0.05) is 6.54 Å². The SMILES string of the molecule is CCN(CC)Cc1c(O)ccc2c(=O)c(-c3ccccc3)coc12.[Cl-]. The molecule has 0 fully saturated rings. The highest BCUT2D eigenvalue weighted by Gasteiger charge is 2.16. The number of hydrogen-bond donors (Lipinski definition) is 1. The summed E-state index contributed by atoms with van der Waals surface area (Å²) < 4.78 is 5.79. The van der Waals surface area contributed by atoms with Crippen LogP contribution in [0.4, 0.5) is 0 Å². The maximum Gasteiger partial charge on any atom is 0.200 e. The summed E-state index contributed by atoms with van der Waals surface area (Å²) >= 11 is 0. The predicted octanol–water partition coefficient (Wildman–Crippen LogP) is 1.01. The summed E-state index contributed by atoms with van der Waals surface area (Å²) in [6.07, 6.45) is 1.49. The molecule has 132 valence electrons. The molecule has 0 aliphatic carbocycles. The molecule has 0 radical (unpaired) electrons. The summed E-state index contributed by atoms with van der Waals surface area (Å²) in [5.74, 6) is 0.157. The van der Waals surface area contributed by atoms with Gasteiger partial charge in [0.05, 0.1) is 16.5 Å². The molecule has 0 atom stereocenters. The molecule has 1 N–H and O–H groups in total. The lowest BCUT2D eigenvalue weighted by atomic mass is 10.0. The first-order valence-electron chi connectivity index (χ1n) is 8.19. The van der Waals surface area contributed by atoms with Gasteiger partial charge in [0.25, 0.3) is 0 Å². The van der Waals surface area contributed by atoms with Crippen molar-refractivity contribution in [2.45, 2.75) is 20.4 Å². The van der Waals surface area contributed by atoms with Crippen LogP contribution in [-0.2, 0) is 6.54 Å². The first-order valence-corrected chi connectivity index (χ1v) is 8.19. The highest BCUT2D eigenvalue weighted by atomic mass is 35.5. The van der Waals surface area contributed by atoms with E-state index in [9.17, 15) is 9.90 Å². The Hall–Kier alpha value is -2.30. The standard InChI is InChI=1S/C20H21NO3.ClH/c1-3-21(4-2)12-16-18(22)11-10-15-19(23)17(13-24-20(15)16)14-8-6-5-7-9-14;/h5-11,13,22H,3-4,12H2,1-2H3;1H/p-1. The molecule has 0 bridgehead atoms. The van der Waals surface area contributed by atoms with Gasteiger partial charge in [-0.3, -0.25) is 9.69 Å². The second kappa shape index (κ2) is 8.19. The Labute approximate surface area is 153 Å². The minimum atomic E-state index is -0.0803. The first kappa shape index (κ1) is 19.0. The van der Waals surface area contributed by atoms with Crippen LogP contribution >= 0.6 is 0 Å². The van der Waals surface area contributed by atoms with Gasteiger partial charge in [0.2, 0.25) is 5.43 Å². The van der Waals surface area contributed by atoms with Crippen molar-refractivity contribution in [2.75, 3.05) is 13.1 Å². The van der Waals surface area contributed by atoms with Gasteiger partial charge in [-0.25, -0.2) is 0 Å². The minimum absolute atomic E-state index is 0. The normalized spacial score (nSPS) is 10.8. The van der Waals surface area contributed by atoms with E-state index in [0.29, 0.717) is 28.6 Å². The molecule has 0 aliphatic rings. The molecule has 1 heterocycles. The molecule has 0 saturated carbocycles. The van der Waals surface area contributed by atoms with Crippen LogP contribution in [0.15, 0.2) is 57.9 Å².